The van der Waals surface area contributed by atoms with Crippen LogP contribution in [0.15, 0.2) is 60.0 Å². The molecule has 0 fully saturated rings. The molecule has 1 heterocycles. The number of hydrogen-bond acceptors (Lipinski definition) is 6. The number of nitrogens with one attached hydrogen (secondary N) is 1. The van der Waals surface area contributed by atoms with Gasteiger partial charge in [0.2, 0.25) is 0 Å². The number of amides is 1. The Morgan fingerprint density at radius 1 is 1.07 bits per heavy atom. The van der Waals surface area contributed by atoms with Crippen molar-refractivity contribution in [3.05, 3.63) is 71.2 Å². The molecule has 0 aliphatic rings. The van der Waals surface area contributed by atoms with Crippen LogP contribution in [0.4, 0.5) is 0 Å². The Kier molecular flexibility index (Phi) is 6.39. The first-order valence-corrected chi connectivity index (χ1v) is 9.51. The number of methoxy groups -OCH3 is 2. The Labute approximate surface area is 167 Å². The van der Waals surface area contributed by atoms with E-state index in [1.165, 1.54) is 18.4 Å². The number of carbonyl (C=O) groups excluding carboxylic acids is 2. The molecule has 1 amide bonds. The Hall–Kier alpha value is -3.19. The lowest BCUT2D eigenvalue weighted by Gasteiger charge is -2.17. The first-order valence-electron chi connectivity index (χ1n) is 8.63. The second kappa shape index (κ2) is 9.14. The fraction of sp³-hybridized carbons (Fsp3) is 0.190. The van der Waals surface area contributed by atoms with Gasteiger partial charge in [0.25, 0.3) is 5.91 Å². The van der Waals surface area contributed by atoms with Gasteiger partial charge in [0.15, 0.2) is 0 Å². The molecule has 0 bridgehead atoms. The maximum atomic E-state index is 12.7. The van der Waals surface area contributed by atoms with Crippen LogP contribution in [0.25, 0.3) is 10.6 Å². The lowest BCUT2D eigenvalue weighted by molar-refractivity contribution is -0.141. The summed E-state index contributed by atoms with van der Waals surface area (Å²) in [7, 11) is 2.94. The largest absolute Gasteiger partial charge is 0.497 e. The first-order chi connectivity index (χ1) is 13.6. The molecule has 144 valence electrons. The van der Waals surface area contributed by atoms with E-state index in [1.807, 2.05) is 54.6 Å². The second-order valence-electron chi connectivity index (χ2n) is 5.98. The fourth-order valence-corrected chi connectivity index (χ4v) is 3.47. The SMILES string of the molecule is COC(=O)CC(NC(=O)c1csc(-c2ccc(OC)cc2)n1)c1ccccc1. The van der Waals surface area contributed by atoms with Gasteiger partial charge in [-0.25, -0.2) is 4.98 Å². The summed E-state index contributed by atoms with van der Waals surface area (Å²) in [6.07, 6.45) is 0.0434. The van der Waals surface area contributed by atoms with Crippen molar-refractivity contribution in [1.29, 1.82) is 0 Å². The highest BCUT2D eigenvalue weighted by molar-refractivity contribution is 7.13. The van der Waals surface area contributed by atoms with E-state index in [9.17, 15) is 9.59 Å². The van der Waals surface area contributed by atoms with Crippen molar-refractivity contribution < 1.29 is 19.1 Å². The van der Waals surface area contributed by atoms with E-state index < -0.39 is 12.0 Å². The van der Waals surface area contributed by atoms with Gasteiger partial charge in [0, 0.05) is 10.9 Å². The van der Waals surface area contributed by atoms with E-state index in [2.05, 4.69) is 10.3 Å². The summed E-state index contributed by atoms with van der Waals surface area (Å²) in [5.74, 6) is 0.0203. The van der Waals surface area contributed by atoms with Gasteiger partial charge >= 0.3 is 5.97 Å². The number of carbonyl (C=O) groups is 2. The average Bonchev–Trinajstić information content (AvgIpc) is 3.24. The van der Waals surface area contributed by atoms with E-state index in [4.69, 9.17) is 9.47 Å². The van der Waals surface area contributed by atoms with Gasteiger partial charge in [0.1, 0.15) is 16.5 Å². The summed E-state index contributed by atoms with van der Waals surface area (Å²) in [5, 5.41) is 5.32. The summed E-state index contributed by atoms with van der Waals surface area (Å²) in [5.41, 5.74) is 2.03. The van der Waals surface area contributed by atoms with Gasteiger partial charge in [-0.2, -0.15) is 0 Å². The van der Waals surface area contributed by atoms with Gasteiger partial charge in [-0.3, -0.25) is 9.59 Å². The topological polar surface area (TPSA) is 77.5 Å². The third kappa shape index (κ3) is 4.75. The molecule has 2 aromatic carbocycles. The molecule has 6 nitrogen and oxygen atoms in total. The molecule has 1 aromatic heterocycles. The zero-order valence-electron chi connectivity index (χ0n) is 15.5. The molecule has 0 radical (unpaired) electrons. The van der Waals surface area contributed by atoms with Crippen molar-refractivity contribution in [1.82, 2.24) is 10.3 Å². The van der Waals surface area contributed by atoms with E-state index in [0.717, 1.165) is 21.9 Å². The number of aromatic nitrogens is 1. The van der Waals surface area contributed by atoms with Gasteiger partial charge < -0.3 is 14.8 Å². The molecule has 1 atom stereocenters. The first kappa shape index (κ1) is 19.6. The third-order valence-corrected chi connectivity index (χ3v) is 5.07. The van der Waals surface area contributed by atoms with E-state index >= 15 is 0 Å². The molecule has 7 heteroatoms. The van der Waals surface area contributed by atoms with Crippen LogP contribution in [0, 0.1) is 0 Å². The predicted octanol–water partition coefficient (Wildman–Crippen LogP) is 3.85. The van der Waals surface area contributed by atoms with Crippen LogP contribution in [-0.2, 0) is 9.53 Å². The minimum atomic E-state index is -0.493. The zero-order chi connectivity index (χ0) is 19.9. The normalized spacial score (nSPS) is 11.5. The van der Waals surface area contributed by atoms with Crippen molar-refractivity contribution in [3.63, 3.8) is 0 Å². The van der Waals surface area contributed by atoms with Crippen LogP contribution >= 0.6 is 11.3 Å². The van der Waals surface area contributed by atoms with E-state index in [0.29, 0.717) is 5.69 Å². The highest BCUT2D eigenvalue weighted by Crippen LogP contribution is 2.26. The summed E-state index contributed by atoms with van der Waals surface area (Å²) >= 11 is 1.38. The summed E-state index contributed by atoms with van der Waals surface area (Å²) in [6.45, 7) is 0. The lowest BCUT2D eigenvalue weighted by atomic mass is 10.0. The Bertz CT molecular complexity index is 939. The molecular formula is C21H20N2O4S. The van der Waals surface area contributed by atoms with Crippen molar-refractivity contribution in [3.8, 4) is 16.3 Å². The molecule has 3 rings (SSSR count). The quantitative estimate of drug-likeness (QED) is 0.614. The lowest BCUT2D eigenvalue weighted by Crippen LogP contribution is -2.30. The van der Waals surface area contributed by atoms with Crippen LogP contribution in [0.1, 0.15) is 28.5 Å². The van der Waals surface area contributed by atoms with Crippen LogP contribution < -0.4 is 10.1 Å². The molecular weight excluding hydrogens is 376 g/mol. The third-order valence-electron chi connectivity index (χ3n) is 4.18. The molecule has 3 aromatic rings. The van der Waals surface area contributed by atoms with Gasteiger partial charge in [-0.1, -0.05) is 30.3 Å². The number of hydrogen-bond donors (Lipinski definition) is 1. The van der Waals surface area contributed by atoms with Gasteiger partial charge in [0.05, 0.1) is 26.7 Å². The van der Waals surface area contributed by atoms with Gasteiger partial charge in [-0.15, -0.1) is 11.3 Å². The van der Waals surface area contributed by atoms with Crippen molar-refractivity contribution in [2.45, 2.75) is 12.5 Å². The molecule has 0 aliphatic heterocycles. The molecule has 1 N–H and O–H groups in total. The Morgan fingerprint density at radius 3 is 2.43 bits per heavy atom. The Morgan fingerprint density at radius 2 is 1.79 bits per heavy atom. The Balaban J connectivity index is 1.76. The second-order valence-corrected chi connectivity index (χ2v) is 6.84. The van der Waals surface area contributed by atoms with Crippen molar-refractivity contribution in [2.24, 2.45) is 0 Å². The number of nitrogens with zero attached hydrogens (tertiary/aromatic N) is 1. The monoisotopic (exact) mass is 396 g/mol. The number of ether oxygens (including phenoxy) is 2. The average molecular weight is 396 g/mol. The molecule has 0 saturated carbocycles. The predicted molar refractivity (Wildman–Crippen MR) is 107 cm³/mol. The molecule has 0 spiro atoms. The van der Waals surface area contributed by atoms with Crippen molar-refractivity contribution >= 4 is 23.2 Å². The molecule has 0 aliphatic carbocycles. The summed E-state index contributed by atoms with van der Waals surface area (Å²) in [4.78, 5) is 28.9. The number of esters is 1. The zero-order valence-corrected chi connectivity index (χ0v) is 16.4. The van der Waals surface area contributed by atoms with E-state index in [-0.39, 0.29) is 12.3 Å². The number of benzene rings is 2. The maximum absolute atomic E-state index is 12.7. The van der Waals surface area contributed by atoms with E-state index in [1.54, 1.807) is 12.5 Å². The van der Waals surface area contributed by atoms with Crippen LogP contribution in [0.5, 0.6) is 5.75 Å². The molecule has 1 unspecified atom stereocenters. The summed E-state index contributed by atoms with van der Waals surface area (Å²) in [6, 6.07) is 16.3. The standard InChI is InChI=1S/C21H20N2O4S/c1-26-16-10-8-15(9-11-16)21-23-18(13-28-21)20(25)22-17(12-19(24)27-2)14-6-4-3-5-7-14/h3-11,13,17H,12H2,1-2H3,(H,22,25). The highest BCUT2D eigenvalue weighted by Gasteiger charge is 2.21. The highest BCUT2D eigenvalue weighted by atomic mass is 32.1. The maximum Gasteiger partial charge on any atom is 0.307 e. The molecule has 0 saturated heterocycles. The molecule has 28 heavy (non-hydrogen) atoms. The smallest absolute Gasteiger partial charge is 0.307 e. The minimum Gasteiger partial charge on any atom is -0.497 e. The number of thiazole rings is 1. The van der Waals surface area contributed by atoms with Crippen molar-refractivity contribution in [2.75, 3.05) is 14.2 Å². The van der Waals surface area contributed by atoms with Gasteiger partial charge in [-0.05, 0) is 29.8 Å². The van der Waals surface area contributed by atoms with Crippen LogP contribution in [-0.4, -0.2) is 31.1 Å². The fourth-order valence-electron chi connectivity index (χ4n) is 2.66. The van der Waals surface area contributed by atoms with Crippen LogP contribution in [0.3, 0.4) is 0 Å². The number of rotatable bonds is 7. The van der Waals surface area contributed by atoms with Crippen LogP contribution in [0.2, 0.25) is 0 Å². The summed E-state index contributed by atoms with van der Waals surface area (Å²) < 4.78 is 9.91. The minimum absolute atomic E-state index is 0.0434.